The minimum absolute atomic E-state index is 0.235. The average Bonchev–Trinajstić information content (AvgIpc) is 3.16. The molecule has 4 nitrogen and oxygen atoms in total. The van der Waals surface area contributed by atoms with E-state index in [0.717, 1.165) is 55.6 Å². The quantitative estimate of drug-likeness (QED) is 0.734. The summed E-state index contributed by atoms with van der Waals surface area (Å²) in [4.78, 5) is 2.40. The van der Waals surface area contributed by atoms with Gasteiger partial charge in [0.15, 0.2) is 0 Å². The number of benzene rings is 1. The van der Waals surface area contributed by atoms with Crippen molar-refractivity contribution in [2.75, 3.05) is 26.2 Å². The van der Waals surface area contributed by atoms with Crippen molar-refractivity contribution < 1.29 is 13.9 Å². The highest BCUT2D eigenvalue weighted by molar-refractivity contribution is 5.77. The van der Waals surface area contributed by atoms with Gasteiger partial charge in [-0.1, -0.05) is 0 Å². The highest BCUT2D eigenvalue weighted by atomic mass is 19.1. The molecule has 0 aliphatic carbocycles. The summed E-state index contributed by atoms with van der Waals surface area (Å²) < 4.78 is 18.8. The lowest BCUT2D eigenvalue weighted by atomic mass is 10.2. The molecule has 1 aromatic carbocycles. The van der Waals surface area contributed by atoms with Gasteiger partial charge >= 0.3 is 0 Å². The molecule has 2 N–H and O–H groups in total. The van der Waals surface area contributed by atoms with Gasteiger partial charge in [0.05, 0.1) is 13.2 Å². The Hall–Kier alpha value is -1.43. The number of hydrogen-bond donors (Lipinski definition) is 2. The molecule has 1 fully saturated rings. The molecule has 23 heavy (non-hydrogen) atoms. The summed E-state index contributed by atoms with van der Waals surface area (Å²) in [5, 5.41) is 13.5. The molecular weight excluding hydrogens is 295 g/mol. The van der Waals surface area contributed by atoms with Crippen LogP contribution in [-0.2, 0) is 6.54 Å². The molecule has 0 radical (unpaired) electrons. The van der Waals surface area contributed by atoms with Gasteiger partial charge in [0.1, 0.15) is 17.2 Å². The number of rotatable bonds is 8. The fraction of sp³-hybridized carbons (Fsp3) is 0.556. The Morgan fingerprint density at radius 1 is 1.30 bits per heavy atom. The molecular formula is C18H25FN2O2. The molecule has 1 aromatic heterocycles. The van der Waals surface area contributed by atoms with Gasteiger partial charge in [-0.25, -0.2) is 4.39 Å². The van der Waals surface area contributed by atoms with Gasteiger partial charge in [0.25, 0.3) is 0 Å². The molecule has 126 valence electrons. The Balaban J connectivity index is 1.34. The van der Waals surface area contributed by atoms with E-state index in [1.165, 1.54) is 18.6 Å². The third-order valence-electron chi connectivity index (χ3n) is 4.59. The summed E-state index contributed by atoms with van der Waals surface area (Å²) in [6, 6.07) is 6.85. The van der Waals surface area contributed by atoms with E-state index >= 15 is 0 Å². The third kappa shape index (κ3) is 4.31. The first-order valence-electron chi connectivity index (χ1n) is 8.50. The number of aliphatic hydroxyl groups excluding tert-OH is 1. The normalized spacial score (nSPS) is 19.0. The molecule has 1 aliphatic rings. The first-order chi connectivity index (χ1) is 11.3. The second kappa shape index (κ2) is 7.90. The number of nitrogens with one attached hydrogen (secondary N) is 1. The minimum atomic E-state index is -0.235. The standard InChI is InChI=1S/C18H25FN2O2/c19-15-5-6-18-14(10-15)11-17(23-18)12-20-7-1-2-8-21-9-3-4-16(21)13-22/h5-6,10-11,16,20,22H,1-4,7-9,12-13H2. The Bertz CT molecular complexity index is 629. The zero-order valence-corrected chi connectivity index (χ0v) is 13.4. The maximum absolute atomic E-state index is 13.1. The van der Waals surface area contributed by atoms with E-state index < -0.39 is 0 Å². The van der Waals surface area contributed by atoms with Gasteiger partial charge in [0.2, 0.25) is 0 Å². The van der Waals surface area contributed by atoms with Crippen molar-refractivity contribution in [3.8, 4) is 0 Å². The Labute approximate surface area is 136 Å². The first-order valence-corrected chi connectivity index (χ1v) is 8.50. The van der Waals surface area contributed by atoms with Crippen LogP contribution < -0.4 is 5.32 Å². The van der Waals surface area contributed by atoms with Gasteiger partial charge in [-0.3, -0.25) is 4.90 Å². The van der Waals surface area contributed by atoms with Gasteiger partial charge in [-0.05, 0) is 69.6 Å². The maximum atomic E-state index is 13.1. The number of likely N-dealkylation sites (tertiary alicyclic amines) is 1. The van der Waals surface area contributed by atoms with Crippen LogP contribution in [0.25, 0.3) is 11.0 Å². The summed E-state index contributed by atoms with van der Waals surface area (Å²) in [6.07, 6.45) is 4.57. The largest absolute Gasteiger partial charge is 0.460 e. The van der Waals surface area contributed by atoms with E-state index in [4.69, 9.17) is 4.42 Å². The zero-order chi connectivity index (χ0) is 16.1. The lowest BCUT2D eigenvalue weighted by Gasteiger charge is -2.22. The SMILES string of the molecule is OCC1CCCN1CCCCNCc1cc2cc(F)ccc2o1. The van der Waals surface area contributed by atoms with Crippen LogP contribution in [0.3, 0.4) is 0 Å². The smallest absolute Gasteiger partial charge is 0.134 e. The number of unbranched alkanes of at least 4 members (excludes halogenated alkanes) is 1. The average molecular weight is 320 g/mol. The van der Waals surface area contributed by atoms with Crippen LogP contribution in [-0.4, -0.2) is 42.3 Å². The summed E-state index contributed by atoms with van der Waals surface area (Å²) in [7, 11) is 0. The predicted octanol–water partition coefficient (Wildman–Crippen LogP) is 2.90. The van der Waals surface area contributed by atoms with Crippen LogP contribution in [0.2, 0.25) is 0 Å². The maximum Gasteiger partial charge on any atom is 0.134 e. The van der Waals surface area contributed by atoms with Crippen molar-refractivity contribution in [1.82, 2.24) is 10.2 Å². The van der Waals surface area contributed by atoms with Crippen molar-refractivity contribution in [1.29, 1.82) is 0 Å². The summed E-state index contributed by atoms with van der Waals surface area (Å²) in [6.45, 7) is 4.07. The molecule has 5 heteroatoms. The van der Waals surface area contributed by atoms with Crippen LogP contribution in [0.1, 0.15) is 31.4 Å². The van der Waals surface area contributed by atoms with E-state index in [-0.39, 0.29) is 12.4 Å². The molecule has 3 rings (SSSR count). The number of hydrogen-bond acceptors (Lipinski definition) is 4. The summed E-state index contributed by atoms with van der Waals surface area (Å²) in [5.41, 5.74) is 0.729. The molecule has 2 heterocycles. The molecule has 1 saturated heterocycles. The fourth-order valence-electron chi connectivity index (χ4n) is 3.33. The van der Waals surface area contributed by atoms with Crippen LogP contribution in [0.5, 0.6) is 0 Å². The highest BCUT2D eigenvalue weighted by Gasteiger charge is 2.22. The van der Waals surface area contributed by atoms with E-state index in [1.807, 2.05) is 6.07 Å². The van der Waals surface area contributed by atoms with Crippen molar-refractivity contribution in [2.24, 2.45) is 0 Å². The Morgan fingerprint density at radius 2 is 2.22 bits per heavy atom. The van der Waals surface area contributed by atoms with Gasteiger partial charge in [0, 0.05) is 11.4 Å². The molecule has 0 bridgehead atoms. The minimum Gasteiger partial charge on any atom is -0.460 e. The topological polar surface area (TPSA) is 48.6 Å². The Morgan fingerprint density at radius 3 is 3.09 bits per heavy atom. The van der Waals surface area contributed by atoms with Crippen molar-refractivity contribution in [2.45, 2.75) is 38.3 Å². The molecule has 0 spiro atoms. The van der Waals surface area contributed by atoms with Crippen LogP contribution in [0.15, 0.2) is 28.7 Å². The summed E-state index contributed by atoms with van der Waals surface area (Å²) in [5.74, 6) is 0.603. The number of nitrogens with zero attached hydrogens (tertiary/aromatic N) is 1. The van der Waals surface area contributed by atoms with Crippen LogP contribution in [0, 0.1) is 5.82 Å². The molecule has 2 aromatic rings. The van der Waals surface area contributed by atoms with E-state index in [1.54, 1.807) is 6.07 Å². The second-order valence-electron chi connectivity index (χ2n) is 6.29. The number of furan rings is 1. The first kappa shape index (κ1) is 16.4. The van der Waals surface area contributed by atoms with Gasteiger partial charge in [-0.2, -0.15) is 0 Å². The van der Waals surface area contributed by atoms with E-state index in [9.17, 15) is 9.50 Å². The van der Waals surface area contributed by atoms with E-state index in [2.05, 4.69) is 10.2 Å². The van der Waals surface area contributed by atoms with Crippen LogP contribution >= 0.6 is 0 Å². The number of halogens is 1. The third-order valence-corrected chi connectivity index (χ3v) is 4.59. The zero-order valence-electron chi connectivity index (χ0n) is 13.4. The fourth-order valence-corrected chi connectivity index (χ4v) is 3.33. The molecule has 0 saturated carbocycles. The number of fused-ring (bicyclic) bond motifs is 1. The van der Waals surface area contributed by atoms with Crippen molar-refractivity contribution >= 4 is 11.0 Å². The van der Waals surface area contributed by atoms with Gasteiger partial charge < -0.3 is 14.8 Å². The monoisotopic (exact) mass is 320 g/mol. The predicted molar refractivity (Wildman–Crippen MR) is 88.8 cm³/mol. The van der Waals surface area contributed by atoms with Crippen molar-refractivity contribution in [3.05, 3.63) is 35.8 Å². The van der Waals surface area contributed by atoms with Crippen LogP contribution in [0.4, 0.5) is 4.39 Å². The molecule has 1 aliphatic heterocycles. The second-order valence-corrected chi connectivity index (χ2v) is 6.29. The number of aliphatic hydroxyl groups is 1. The lowest BCUT2D eigenvalue weighted by Crippen LogP contribution is -2.33. The molecule has 1 atom stereocenters. The highest BCUT2D eigenvalue weighted by Crippen LogP contribution is 2.20. The van der Waals surface area contributed by atoms with Crippen molar-refractivity contribution in [3.63, 3.8) is 0 Å². The Kier molecular flexibility index (Phi) is 5.65. The lowest BCUT2D eigenvalue weighted by molar-refractivity contribution is 0.157. The molecule has 0 amide bonds. The van der Waals surface area contributed by atoms with E-state index in [0.29, 0.717) is 12.6 Å². The summed E-state index contributed by atoms with van der Waals surface area (Å²) >= 11 is 0. The van der Waals surface area contributed by atoms with Gasteiger partial charge in [-0.15, -0.1) is 0 Å². The molecule has 1 unspecified atom stereocenters.